The summed E-state index contributed by atoms with van der Waals surface area (Å²) in [6.07, 6.45) is 4.89. The van der Waals surface area contributed by atoms with Gasteiger partial charge in [-0.25, -0.2) is 0 Å². The normalized spacial score (nSPS) is 24.1. The van der Waals surface area contributed by atoms with Crippen LogP contribution >= 0.6 is 0 Å². The minimum Gasteiger partial charge on any atom is -0.508 e. The van der Waals surface area contributed by atoms with Crippen molar-refractivity contribution in [2.24, 2.45) is 5.41 Å². The highest BCUT2D eigenvalue weighted by Gasteiger charge is 2.29. The lowest BCUT2D eigenvalue weighted by Gasteiger charge is -2.37. The molecular formula is C16H25NO2. The van der Waals surface area contributed by atoms with E-state index < -0.39 is 0 Å². The molecule has 2 rings (SSSR count). The van der Waals surface area contributed by atoms with Crippen molar-refractivity contribution in [3.8, 4) is 11.5 Å². The number of phenolic OH excluding ortho intramolecular Hbond substituents is 2. The van der Waals surface area contributed by atoms with Gasteiger partial charge < -0.3 is 15.5 Å². The van der Waals surface area contributed by atoms with Gasteiger partial charge in [0.05, 0.1) is 0 Å². The molecule has 19 heavy (non-hydrogen) atoms. The Labute approximate surface area is 115 Å². The number of aromatic hydroxyl groups is 2. The smallest absolute Gasteiger partial charge is 0.120 e. The molecule has 1 aromatic rings. The first-order valence-corrected chi connectivity index (χ1v) is 7.15. The summed E-state index contributed by atoms with van der Waals surface area (Å²) in [4.78, 5) is 0. The SMILES string of the molecule is CC(NC1CCCC(C)(C)C1)c1cc(O)ccc1O. The molecule has 0 radical (unpaired) electrons. The van der Waals surface area contributed by atoms with E-state index in [9.17, 15) is 10.2 Å². The third kappa shape index (κ3) is 3.63. The van der Waals surface area contributed by atoms with Gasteiger partial charge in [0.15, 0.2) is 0 Å². The summed E-state index contributed by atoms with van der Waals surface area (Å²) in [5, 5.41) is 23.0. The Kier molecular flexibility index (Phi) is 4.04. The van der Waals surface area contributed by atoms with Crippen molar-refractivity contribution >= 4 is 0 Å². The number of nitrogens with one attached hydrogen (secondary N) is 1. The predicted molar refractivity (Wildman–Crippen MR) is 77.4 cm³/mol. The van der Waals surface area contributed by atoms with Gasteiger partial charge in [0.25, 0.3) is 0 Å². The fraction of sp³-hybridized carbons (Fsp3) is 0.625. The molecule has 2 unspecified atom stereocenters. The third-order valence-corrected chi connectivity index (χ3v) is 4.17. The van der Waals surface area contributed by atoms with E-state index in [2.05, 4.69) is 19.2 Å². The van der Waals surface area contributed by atoms with Crippen LogP contribution in [0, 0.1) is 5.41 Å². The molecule has 0 bridgehead atoms. The average Bonchev–Trinajstić information content (AvgIpc) is 2.31. The quantitative estimate of drug-likeness (QED) is 0.729. The molecular weight excluding hydrogens is 238 g/mol. The maximum absolute atomic E-state index is 9.89. The fourth-order valence-corrected chi connectivity index (χ4v) is 3.17. The van der Waals surface area contributed by atoms with Gasteiger partial charge in [-0.1, -0.05) is 20.3 Å². The molecule has 1 saturated carbocycles. The lowest BCUT2D eigenvalue weighted by Crippen LogP contribution is -2.38. The second kappa shape index (κ2) is 5.41. The average molecular weight is 263 g/mol. The molecule has 3 nitrogen and oxygen atoms in total. The first-order chi connectivity index (χ1) is 8.87. The Bertz CT molecular complexity index is 442. The van der Waals surface area contributed by atoms with E-state index in [1.54, 1.807) is 12.1 Å². The minimum atomic E-state index is 0.0472. The van der Waals surface area contributed by atoms with Crippen LogP contribution in [0.4, 0.5) is 0 Å². The topological polar surface area (TPSA) is 52.5 Å². The highest BCUT2D eigenvalue weighted by molar-refractivity contribution is 5.40. The molecule has 3 N–H and O–H groups in total. The van der Waals surface area contributed by atoms with Crippen LogP contribution in [0.25, 0.3) is 0 Å². The van der Waals surface area contributed by atoms with Crippen LogP contribution in [0.2, 0.25) is 0 Å². The molecule has 2 atom stereocenters. The van der Waals surface area contributed by atoms with Crippen LogP contribution in [-0.4, -0.2) is 16.3 Å². The van der Waals surface area contributed by atoms with Gasteiger partial charge in [-0.3, -0.25) is 0 Å². The van der Waals surface area contributed by atoms with E-state index in [0.29, 0.717) is 11.5 Å². The highest BCUT2D eigenvalue weighted by atomic mass is 16.3. The highest BCUT2D eigenvalue weighted by Crippen LogP contribution is 2.36. The Morgan fingerprint density at radius 3 is 2.74 bits per heavy atom. The van der Waals surface area contributed by atoms with Gasteiger partial charge in [-0.2, -0.15) is 0 Å². The van der Waals surface area contributed by atoms with Crippen LogP contribution in [0.3, 0.4) is 0 Å². The van der Waals surface area contributed by atoms with Gasteiger partial charge in [0.2, 0.25) is 0 Å². The first kappa shape index (κ1) is 14.2. The zero-order valence-corrected chi connectivity index (χ0v) is 12.1. The van der Waals surface area contributed by atoms with E-state index in [-0.39, 0.29) is 17.5 Å². The molecule has 0 saturated heterocycles. The summed E-state index contributed by atoms with van der Waals surface area (Å²) in [6, 6.07) is 5.23. The fourth-order valence-electron chi connectivity index (χ4n) is 3.17. The first-order valence-electron chi connectivity index (χ1n) is 7.15. The molecule has 1 fully saturated rings. The molecule has 3 heteroatoms. The Morgan fingerprint density at radius 1 is 1.32 bits per heavy atom. The predicted octanol–water partition coefficient (Wildman–Crippen LogP) is 3.72. The van der Waals surface area contributed by atoms with Crippen molar-refractivity contribution in [3.05, 3.63) is 23.8 Å². The molecule has 106 valence electrons. The van der Waals surface area contributed by atoms with Crippen molar-refractivity contribution in [2.75, 3.05) is 0 Å². The zero-order valence-electron chi connectivity index (χ0n) is 12.1. The summed E-state index contributed by atoms with van der Waals surface area (Å²) in [5.41, 5.74) is 1.17. The van der Waals surface area contributed by atoms with Crippen LogP contribution in [0.15, 0.2) is 18.2 Å². The van der Waals surface area contributed by atoms with Crippen LogP contribution in [0.5, 0.6) is 11.5 Å². The lowest BCUT2D eigenvalue weighted by molar-refractivity contribution is 0.190. The van der Waals surface area contributed by atoms with Crippen molar-refractivity contribution in [1.82, 2.24) is 5.32 Å². The summed E-state index contributed by atoms with van der Waals surface area (Å²) in [6.45, 7) is 6.67. The van der Waals surface area contributed by atoms with Gasteiger partial charge in [-0.05, 0) is 49.8 Å². The van der Waals surface area contributed by atoms with E-state index in [1.807, 2.05) is 6.92 Å². The molecule has 1 aliphatic rings. The van der Waals surface area contributed by atoms with Crippen LogP contribution < -0.4 is 5.32 Å². The van der Waals surface area contributed by atoms with Crippen molar-refractivity contribution in [3.63, 3.8) is 0 Å². The maximum Gasteiger partial charge on any atom is 0.120 e. The monoisotopic (exact) mass is 263 g/mol. The van der Waals surface area contributed by atoms with Crippen LogP contribution in [-0.2, 0) is 0 Å². The Balaban J connectivity index is 2.04. The van der Waals surface area contributed by atoms with E-state index >= 15 is 0 Å². The standard InChI is InChI=1S/C16H25NO2/c1-11(14-9-13(18)6-7-15(14)19)17-12-5-4-8-16(2,3)10-12/h6-7,9,11-12,17-19H,4-5,8,10H2,1-3H3. The third-order valence-electron chi connectivity index (χ3n) is 4.17. The second-order valence-corrected chi connectivity index (χ2v) is 6.59. The zero-order chi connectivity index (χ0) is 14.0. The molecule has 0 spiro atoms. The molecule has 0 heterocycles. The Morgan fingerprint density at radius 2 is 2.05 bits per heavy atom. The molecule has 0 aliphatic heterocycles. The molecule has 1 aliphatic carbocycles. The van der Waals surface area contributed by atoms with Gasteiger partial charge in [0, 0.05) is 17.6 Å². The van der Waals surface area contributed by atoms with E-state index in [4.69, 9.17) is 0 Å². The van der Waals surface area contributed by atoms with Gasteiger partial charge in [0.1, 0.15) is 11.5 Å². The maximum atomic E-state index is 9.89. The largest absolute Gasteiger partial charge is 0.508 e. The van der Waals surface area contributed by atoms with Crippen molar-refractivity contribution in [2.45, 2.75) is 58.5 Å². The summed E-state index contributed by atoms with van der Waals surface area (Å²) >= 11 is 0. The summed E-state index contributed by atoms with van der Waals surface area (Å²) < 4.78 is 0. The van der Waals surface area contributed by atoms with Crippen LogP contribution in [0.1, 0.15) is 58.1 Å². The second-order valence-electron chi connectivity index (χ2n) is 6.59. The number of benzene rings is 1. The number of hydrogen-bond donors (Lipinski definition) is 3. The molecule has 1 aromatic carbocycles. The summed E-state index contributed by atoms with van der Waals surface area (Å²) in [7, 11) is 0. The molecule has 0 amide bonds. The van der Waals surface area contributed by atoms with Gasteiger partial charge in [-0.15, -0.1) is 0 Å². The lowest BCUT2D eigenvalue weighted by atomic mass is 9.75. The minimum absolute atomic E-state index is 0.0472. The van der Waals surface area contributed by atoms with Gasteiger partial charge >= 0.3 is 0 Å². The number of hydrogen-bond acceptors (Lipinski definition) is 3. The van der Waals surface area contributed by atoms with E-state index in [1.165, 1.54) is 25.3 Å². The van der Waals surface area contributed by atoms with Crippen molar-refractivity contribution in [1.29, 1.82) is 0 Å². The van der Waals surface area contributed by atoms with Crippen molar-refractivity contribution < 1.29 is 10.2 Å². The summed E-state index contributed by atoms with van der Waals surface area (Å²) in [5.74, 6) is 0.443. The number of rotatable bonds is 3. The Hall–Kier alpha value is -1.22. The number of phenols is 2. The van der Waals surface area contributed by atoms with E-state index in [0.717, 1.165) is 12.0 Å². The molecule has 0 aromatic heterocycles.